The number of nitrogens with zero attached hydrogens (tertiary/aromatic N) is 1. The van der Waals surface area contributed by atoms with Crippen molar-refractivity contribution in [3.8, 4) is 0 Å². The van der Waals surface area contributed by atoms with Crippen LogP contribution in [0.2, 0.25) is 0 Å². The van der Waals surface area contributed by atoms with Crippen LogP contribution >= 0.6 is 0 Å². The first-order valence-electron chi connectivity index (χ1n) is 8.09. The van der Waals surface area contributed by atoms with Crippen LogP contribution in [0.15, 0.2) is 30.3 Å². The Morgan fingerprint density at radius 1 is 0.958 bits per heavy atom. The van der Waals surface area contributed by atoms with Gasteiger partial charge in [0.25, 0.3) is 0 Å². The molecular weight excluding hydrogens is 312 g/mol. The Labute approximate surface area is 143 Å². The molecule has 0 radical (unpaired) electrons. The normalized spacial score (nSPS) is 10.6. The maximum Gasteiger partial charge on any atom is 0.409 e. The molecule has 1 amide bonds. The summed E-state index contributed by atoms with van der Waals surface area (Å²) >= 11 is 0. The van der Waals surface area contributed by atoms with Crippen molar-refractivity contribution in [1.29, 1.82) is 0 Å². The fraction of sp³-hybridized carbons (Fsp3) is 0.588. The van der Waals surface area contributed by atoms with Crippen molar-refractivity contribution in [3.05, 3.63) is 35.9 Å². The molecule has 136 valence electrons. The van der Waals surface area contributed by atoms with Gasteiger partial charge in [-0.3, -0.25) is 0 Å². The van der Waals surface area contributed by atoms with Crippen molar-refractivity contribution in [2.75, 3.05) is 59.8 Å². The summed E-state index contributed by atoms with van der Waals surface area (Å²) in [6, 6.07) is 9.57. The highest BCUT2D eigenvalue weighted by molar-refractivity contribution is 5.67. The number of benzene rings is 1. The highest BCUT2D eigenvalue weighted by atomic mass is 16.6. The fourth-order valence-corrected chi connectivity index (χ4v) is 1.75. The van der Waals surface area contributed by atoms with Gasteiger partial charge in [-0.25, -0.2) is 4.79 Å². The standard InChI is InChI=1S/C17H28N2O5/c1-19(17(20)24-15-16-5-3-2-4-6-16)8-10-22-12-14-23-13-11-21-9-7-18/h2-6H,7-15,18H2,1H3. The zero-order valence-corrected chi connectivity index (χ0v) is 14.3. The molecule has 0 unspecified atom stereocenters. The van der Waals surface area contributed by atoms with Gasteiger partial charge in [-0.15, -0.1) is 0 Å². The first-order chi connectivity index (χ1) is 11.7. The largest absolute Gasteiger partial charge is 0.445 e. The number of amides is 1. The summed E-state index contributed by atoms with van der Waals surface area (Å²) < 4.78 is 21.1. The fourth-order valence-electron chi connectivity index (χ4n) is 1.75. The molecule has 0 bridgehead atoms. The SMILES string of the molecule is CN(CCOCCOCCOCCN)C(=O)OCc1ccccc1. The van der Waals surface area contributed by atoms with Gasteiger partial charge in [-0.2, -0.15) is 0 Å². The Morgan fingerprint density at radius 2 is 1.54 bits per heavy atom. The number of carbonyl (C=O) groups excluding carboxylic acids is 1. The Kier molecular flexibility index (Phi) is 11.7. The number of rotatable bonds is 13. The maximum atomic E-state index is 11.8. The Bertz CT molecular complexity index is 430. The number of hydrogen-bond acceptors (Lipinski definition) is 6. The van der Waals surface area contributed by atoms with E-state index in [1.165, 1.54) is 4.90 Å². The molecule has 0 aliphatic heterocycles. The molecule has 0 saturated carbocycles. The van der Waals surface area contributed by atoms with E-state index in [9.17, 15) is 4.79 Å². The average Bonchev–Trinajstić information content (AvgIpc) is 2.62. The first kappa shape index (κ1) is 20.4. The van der Waals surface area contributed by atoms with E-state index < -0.39 is 0 Å². The second-order valence-corrected chi connectivity index (χ2v) is 5.09. The summed E-state index contributed by atoms with van der Waals surface area (Å²) in [4.78, 5) is 13.3. The minimum Gasteiger partial charge on any atom is -0.445 e. The second-order valence-electron chi connectivity index (χ2n) is 5.09. The molecule has 24 heavy (non-hydrogen) atoms. The Morgan fingerprint density at radius 3 is 2.17 bits per heavy atom. The van der Waals surface area contributed by atoms with E-state index in [1.54, 1.807) is 7.05 Å². The van der Waals surface area contributed by atoms with Crippen molar-refractivity contribution in [3.63, 3.8) is 0 Å². The molecule has 1 rings (SSSR count). The summed E-state index contributed by atoms with van der Waals surface area (Å²) in [5.41, 5.74) is 6.26. The quantitative estimate of drug-likeness (QED) is 0.544. The van der Waals surface area contributed by atoms with Crippen LogP contribution in [0.5, 0.6) is 0 Å². The smallest absolute Gasteiger partial charge is 0.409 e. The monoisotopic (exact) mass is 340 g/mol. The Hall–Kier alpha value is -1.67. The highest BCUT2D eigenvalue weighted by Crippen LogP contribution is 2.02. The number of likely N-dealkylation sites (N-methyl/N-ethyl adjacent to an activating group) is 1. The van der Waals surface area contributed by atoms with Crippen LogP contribution in [-0.4, -0.2) is 70.8 Å². The second kappa shape index (κ2) is 13.7. The van der Waals surface area contributed by atoms with Crippen LogP contribution in [0, 0.1) is 0 Å². The summed E-state index contributed by atoms with van der Waals surface area (Å²) in [6.07, 6.45) is -0.365. The minimum absolute atomic E-state index is 0.269. The predicted octanol–water partition coefficient (Wildman–Crippen LogP) is 1.26. The molecule has 0 spiro atoms. The third-order valence-electron chi connectivity index (χ3n) is 3.09. The highest BCUT2D eigenvalue weighted by Gasteiger charge is 2.09. The van der Waals surface area contributed by atoms with E-state index in [-0.39, 0.29) is 12.7 Å². The van der Waals surface area contributed by atoms with Gasteiger partial charge in [-0.1, -0.05) is 30.3 Å². The van der Waals surface area contributed by atoms with Crippen molar-refractivity contribution in [1.82, 2.24) is 4.90 Å². The van der Waals surface area contributed by atoms with E-state index in [2.05, 4.69) is 0 Å². The molecular formula is C17H28N2O5. The lowest BCUT2D eigenvalue weighted by molar-refractivity contribution is 0.0122. The third-order valence-corrected chi connectivity index (χ3v) is 3.09. The molecule has 1 aromatic rings. The van der Waals surface area contributed by atoms with Gasteiger partial charge in [0.2, 0.25) is 0 Å². The third kappa shape index (κ3) is 10.2. The molecule has 7 nitrogen and oxygen atoms in total. The Balaban J connectivity index is 1.95. The zero-order valence-electron chi connectivity index (χ0n) is 14.3. The molecule has 0 atom stereocenters. The van der Waals surface area contributed by atoms with Gasteiger partial charge in [0.15, 0.2) is 0 Å². The first-order valence-corrected chi connectivity index (χ1v) is 8.09. The number of ether oxygens (including phenoxy) is 4. The molecule has 0 heterocycles. The van der Waals surface area contributed by atoms with E-state index in [0.29, 0.717) is 52.7 Å². The van der Waals surface area contributed by atoms with Crippen molar-refractivity contribution >= 4 is 6.09 Å². The van der Waals surface area contributed by atoms with Crippen molar-refractivity contribution < 1.29 is 23.7 Å². The minimum atomic E-state index is -0.365. The molecule has 0 saturated heterocycles. The van der Waals surface area contributed by atoms with Gasteiger partial charge in [0.05, 0.1) is 39.6 Å². The van der Waals surface area contributed by atoms with E-state index in [0.717, 1.165) is 5.56 Å². The number of carbonyl (C=O) groups is 1. The molecule has 1 aromatic carbocycles. The maximum absolute atomic E-state index is 11.8. The molecule has 2 N–H and O–H groups in total. The van der Waals surface area contributed by atoms with Crippen molar-refractivity contribution in [2.24, 2.45) is 5.73 Å². The van der Waals surface area contributed by atoms with E-state index in [4.69, 9.17) is 24.7 Å². The van der Waals surface area contributed by atoms with Crippen LogP contribution in [0.3, 0.4) is 0 Å². The van der Waals surface area contributed by atoms with Crippen LogP contribution in [0.25, 0.3) is 0 Å². The summed E-state index contributed by atoms with van der Waals surface area (Å²) in [5, 5.41) is 0. The van der Waals surface area contributed by atoms with Gasteiger partial charge in [-0.05, 0) is 5.56 Å². The van der Waals surface area contributed by atoms with E-state index in [1.807, 2.05) is 30.3 Å². The molecule has 0 aliphatic rings. The van der Waals surface area contributed by atoms with Crippen LogP contribution in [-0.2, 0) is 25.6 Å². The summed E-state index contributed by atoms with van der Waals surface area (Å²) in [5.74, 6) is 0. The van der Waals surface area contributed by atoms with E-state index >= 15 is 0 Å². The molecule has 0 aliphatic carbocycles. The van der Waals surface area contributed by atoms with Gasteiger partial charge in [0.1, 0.15) is 6.61 Å². The van der Waals surface area contributed by atoms with Crippen LogP contribution in [0.1, 0.15) is 5.56 Å². The van der Waals surface area contributed by atoms with Crippen molar-refractivity contribution in [2.45, 2.75) is 6.61 Å². The van der Waals surface area contributed by atoms with Gasteiger partial charge < -0.3 is 29.6 Å². The molecule has 0 aromatic heterocycles. The lowest BCUT2D eigenvalue weighted by Crippen LogP contribution is -2.31. The average molecular weight is 340 g/mol. The van der Waals surface area contributed by atoms with Gasteiger partial charge >= 0.3 is 6.09 Å². The van der Waals surface area contributed by atoms with Crippen LogP contribution in [0.4, 0.5) is 4.79 Å². The van der Waals surface area contributed by atoms with Crippen LogP contribution < -0.4 is 5.73 Å². The number of nitrogens with two attached hydrogens (primary N) is 1. The molecule has 7 heteroatoms. The summed E-state index contributed by atoms with van der Waals surface area (Å²) in [7, 11) is 1.68. The zero-order chi connectivity index (χ0) is 17.5. The lowest BCUT2D eigenvalue weighted by Gasteiger charge is -2.17. The lowest BCUT2D eigenvalue weighted by atomic mass is 10.2. The predicted molar refractivity (Wildman–Crippen MR) is 90.8 cm³/mol. The topological polar surface area (TPSA) is 83.3 Å². The summed E-state index contributed by atoms with van der Waals surface area (Å²) in [6.45, 7) is 4.26. The molecule has 0 fully saturated rings. The van der Waals surface area contributed by atoms with Gasteiger partial charge in [0, 0.05) is 20.1 Å². The number of hydrogen-bond donors (Lipinski definition) is 1.